The Hall–Kier alpha value is -1.44. The van der Waals surface area contributed by atoms with Crippen LogP contribution >= 0.6 is 20.6 Å². The van der Waals surface area contributed by atoms with E-state index in [1.807, 2.05) is 30.3 Å². The van der Waals surface area contributed by atoms with Gasteiger partial charge in [-0.25, -0.2) is 4.39 Å². The zero-order chi connectivity index (χ0) is 13.8. The highest BCUT2D eigenvalue weighted by atomic mass is 32.2. The van der Waals surface area contributed by atoms with Crippen LogP contribution in [0.4, 0.5) is 4.39 Å². The van der Waals surface area contributed by atoms with Crippen molar-refractivity contribution < 1.29 is 9.18 Å². The van der Waals surface area contributed by atoms with Gasteiger partial charge in [0.2, 0.25) is 0 Å². The second kappa shape index (κ2) is 6.14. The van der Waals surface area contributed by atoms with Crippen molar-refractivity contribution in [3.63, 3.8) is 0 Å². The van der Waals surface area contributed by atoms with E-state index in [-0.39, 0.29) is 11.6 Å². The number of benzene rings is 2. The van der Waals surface area contributed by atoms with Crippen LogP contribution in [0.15, 0.2) is 53.4 Å². The second-order valence-corrected chi connectivity index (χ2v) is 5.27. The van der Waals surface area contributed by atoms with Crippen LogP contribution in [-0.4, -0.2) is 17.3 Å². The van der Waals surface area contributed by atoms with Crippen LogP contribution in [0.5, 0.6) is 0 Å². The lowest BCUT2D eigenvalue weighted by atomic mass is 10.0. The maximum absolute atomic E-state index is 13.7. The Balaban J connectivity index is 2.30. The number of ketones is 1. The van der Waals surface area contributed by atoms with Gasteiger partial charge in [-0.1, -0.05) is 30.3 Å². The minimum atomic E-state index is -0.370. The van der Waals surface area contributed by atoms with Crippen LogP contribution in [0.1, 0.15) is 15.9 Å². The van der Waals surface area contributed by atoms with Crippen LogP contribution in [-0.2, 0) is 0 Å². The highest BCUT2D eigenvalue weighted by Gasteiger charge is 2.14. The van der Waals surface area contributed by atoms with Gasteiger partial charge < -0.3 is 0 Å². The van der Waals surface area contributed by atoms with E-state index in [2.05, 4.69) is 8.86 Å². The molecule has 2 aromatic rings. The predicted octanol–water partition coefficient (Wildman–Crippen LogP) is 4.09. The molecule has 0 saturated heterocycles. The fourth-order valence-corrected chi connectivity index (χ4v) is 2.46. The molecule has 0 bridgehead atoms. The Morgan fingerprint density at radius 2 is 1.79 bits per heavy atom. The van der Waals surface area contributed by atoms with E-state index in [1.165, 1.54) is 17.8 Å². The maximum Gasteiger partial charge on any atom is 0.197 e. The zero-order valence-electron chi connectivity index (χ0n) is 10.3. The van der Waals surface area contributed by atoms with Gasteiger partial charge in [-0.3, -0.25) is 4.79 Å². The van der Waals surface area contributed by atoms with Gasteiger partial charge in [0, 0.05) is 15.8 Å². The average Bonchev–Trinajstić information content (AvgIpc) is 2.46. The molecule has 0 N–H and O–H groups in total. The molecule has 4 heteroatoms. The summed E-state index contributed by atoms with van der Waals surface area (Å²) >= 11 is 1.32. The summed E-state index contributed by atoms with van der Waals surface area (Å²) in [5.41, 5.74) is 1.11. The Bertz CT molecular complexity index is 625. The van der Waals surface area contributed by atoms with E-state index >= 15 is 0 Å². The molecule has 0 atom stereocenters. The first kappa shape index (κ1) is 14.0. The summed E-state index contributed by atoms with van der Waals surface area (Å²) in [6, 6.07) is 13.8. The number of hydrogen-bond donors (Lipinski definition) is 0. The fraction of sp³-hybridized carbons (Fsp3) is 0.0667. The van der Waals surface area contributed by atoms with Crippen LogP contribution in [0.2, 0.25) is 0 Å². The van der Waals surface area contributed by atoms with Crippen LogP contribution in [0.25, 0.3) is 0 Å². The van der Waals surface area contributed by atoms with E-state index < -0.39 is 0 Å². The third kappa shape index (κ3) is 3.12. The van der Waals surface area contributed by atoms with Gasteiger partial charge in [-0.2, -0.15) is 0 Å². The van der Waals surface area contributed by atoms with Gasteiger partial charge >= 0.3 is 0 Å². The lowest BCUT2D eigenvalue weighted by Gasteiger charge is -2.06. The molecule has 0 fully saturated rings. The van der Waals surface area contributed by atoms with E-state index in [4.69, 9.17) is 0 Å². The van der Waals surface area contributed by atoms with Gasteiger partial charge in [-0.05, 0) is 30.0 Å². The lowest BCUT2D eigenvalue weighted by Crippen LogP contribution is -2.13. The van der Waals surface area contributed by atoms with Gasteiger partial charge in [0.15, 0.2) is 5.78 Å². The molecule has 0 aliphatic carbocycles. The Labute approximate surface area is 118 Å². The van der Waals surface area contributed by atoms with Gasteiger partial charge in [0.1, 0.15) is 5.82 Å². The number of carbonyl (C=O) groups excluding carboxylic acids is 1. The monoisotopic (exact) mass is 290 g/mol. The zero-order valence-corrected chi connectivity index (χ0v) is 12.1. The topological polar surface area (TPSA) is 17.1 Å². The number of hydrogen-bond acceptors (Lipinski definition) is 2. The quantitative estimate of drug-likeness (QED) is 0.479. The third-order valence-electron chi connectivity index (χ3n) is 2.70. The van der Waals surface area contributed by atoms with Crippen molar-refractivity contribution in [1.29, 1.82) is 0 Å². The van der Waals surface area contributed by atoms with Crippen molar-refractivity contribution in [2.75, 3.05) is 6.26 Å². The molecule has 0 aliphatic heterocycles. The molecular formula is C15H12FOPS. The Morgan fingerprint density at radius 3 is 2.37 bits per heavy atom. The van der Waals surface area contributed by atoms with Crippen molar-refractivity contribution in [2.24, 2.45) is 0 Å². The number of Topliss-reactive ketones (excluding diaryl/α,β-unsaturated/α-hetero) is 1. The molecule has 0 spiro atoms. The minimum Gasteiger partial charge on any atom is -0.288 e. The first-order valence-electron chi connectivity index (χ1n) is 5.65. The molecule has 2 aromatic carbocycles. The molecule has 0 aromatic heterocycles. The van der Waals surface area contributed by atoms with Gasteiger partial charge in [-0.15, -0.1) is 20.6 Å². The predicted molar refractivity (Wildman–Crippen MR) is 81.4 cm³/mol. The van der Waals surface area contributed by atoms with Crippen LogP contribution < -0.4 is 0 Å². The number of rotatable bonds is 4. The van der Waals surface area contributed by atoms with Crippen molar-refractivity contribution in [1.82, 2.24) is 0 Å². The summed E-state index contributed by atoms with van der Waals surface area (Å²) in [6.07, 6.45) is 1.80. The molecule has 96 valence electrons. The van der Waals surface area contributed by atoms with Crippen molar-refractivity contribution in [2.45, 2.75) is 4.90 Å². The summed E-state index contributed by atoms with van der Waals surface area (Å²) in [7, 11) is 3.34. The fourth-order valence-electron chi connectivity index (χ4n) is 1.69. The Morgan fingerprint density at radius 1 is 1.11 bits per heavy atom. The normalized spacial score (nSPS) is 10.2. The number of halogens is 1. The average molecular weight is 290 g/mol. The first-order chi connectivity index (χ1) is 9.13. The summed E-state index contributed by atoms with van der Waals surface area (Å²) in [4.78, 5) is 12.8. The number of thioether (sulfide) groups is 1. The van der Waals surface area contributed by atoms with E-state index in [9.17, 15) is 9.18 Å². The summed E-state index contributed by atoms with van der Waals surface area (Å²) < 4.78 is 13.7. The third-order valence-corrected chi connectivity index (χ3v) is 3.99. The van der Waals surface area contributed by atoms with E-state index in [0.29, 0.717) is 15.8 Å². The standard InChI is InChI=1S/C15H12FOPS/c1-19-13-8-7-11(9-12(13)16)14(17)15(18)10-5-3-2-4-6-10/h2-9,18H,1H3. The largest absolute Gasteiger partial charge is 0.288 e. The molecular weight excluding hydrogens is 278 g/mol. The highest BCUT2D eigenvalue weighted by molar-refractivity contribution is 7.98. The molecule has 0 saturated carbocycles. The highest BCUT2D eigenvalue weighted by Crippen LogP contribution is 2.21. The van der Waals surface area contributed by atoms with E-state index in [1.54, 1.807) is 18.4 Å². The maximum atomic E-state index is 13.7. The molecule has 2 rings (SSSR count). The van der Waals surface area contributed by atoms with Crippen molar-refractivity contribution in [3.05, 3.63) is 65.5 Å². The van der Waals surface area contributed by atoms with Gasteiger partial charge in [0.05, 0.1) is 0 Å². The molecule has 1 nitrogen and oxygen atoms in total. The van der Waals surface area contributed by atoms with Crippen LogP contribution in [0.3, 0.4) is 0 Å². The van der Waals surface area contributed by atoms with Crippen molar-refractivity contribution in [3.8, 4) is 0 Å². The molecule has 0 aliphatic rings. The van der Waals surface area contributed by atoms with E-state index in [0.717, 1.165) is 5.56 Å². The Kier molecular flexibility index (Phi) is 4.52. The SMILES string of the molecule is CSc1ccc(C(=O)C(=P)c2ccccc2)cc1F. The lowest BCUT2D eigenvalue weighted by molar-refractivity contribution is 0.106. The molecule has 0 heterocycles. The minimum absolute atomic E-state index is 0.227. The summed E-state index contributed by atoms with van der Waals surface area (Å²) in [5.74, 6) is -0.597. The smallest absolute Gasteiger partial charge is 0.197 e. The van der Waals surface area contributed by atoms with Crippen LogP contribution in [0, 0.1) is 5.82 Å². The molecule has 0 radical (unpaired) electrons. The number of carbonyl (C=O) groups is 1. The second-order valence-electron chi connectivity index (χ2n) is 3.92. The first-order valence-corrected chi connectivity index (χ1v) is 7.38. The molecule has 0 unspecified atom stereocenters. The van der Waals surface area contributed by atoms with Gasteiger partial charge in [0.25, 0.3) is 0 Å². The van der Waals surface area contributed by atoms with Crippen molar-refractivity contribution >= 4 is 31.7 Å². The summed E-state index contributed by atoms with van der Waals surface area (Å²) in [5, 5.41) is 0.428. The molecule has 0 amide bonds. The molecule has 19 heavy (non-hydrogen) atoms. The summed E-state index contributed by atoms with van der Waals surface area (Å²) in [6.45, 7) is 0.